The number of carbonyl (C=O) groups excluding carboxylic acids is 1. The number of aryl methyl sites for hydroxylation is 1. The number of nitrogens with zero attached hydrogens (tertiary/aromatic N) is 3. The van der Waals surface area contributed by atoms with E-state index in [1.165, 1.54) is 0 Å². The Balaban J connectivity index is 1.77. The van der Waals surface area contributed by atoms with Crippen LogP contribution in [0.1, 0.15) is 37.4 Å². The monoisotopic (exact) mass is 317 g/mol. The smallest absolute Gasteiger partial charge is 0.222 e. The van der Waals surface area contributed by atoms with Gasteiger partial charge in [0.15, 0.2) is 5.96 Å². The first kappa shape index (κ1) is 17.2. The normalized spacial score (nSPS) is 15.1. The summed E-state index contributed by atoms with van der Waals surface area (Å²) < 4.78 is 0. The molecule has 0 bridgehead atoms. The lowest BCUT2D eigenvalue weighted by Gasteiger charge is -2.16. The van der Waals surface area contributed by atoms with Crippen LogP contribution in [0.15, 0.2) is 23.3 Å². The number of hydrogen-bond donors (Lipinski definition) is 2. The third-order valence-corrected chi connectivity index (χ3v) is 3.92. The first-order valence-corrected chi connectivity index (χ1v) is 8.41. The van der Waals surface area contributed by atoms with Crippen LogP contribution < -0.4 is 10.6 Å². The van der Waals surface area contributed by atoms with Gasteiger partial charge in [-0.1, -0.05) is 6.07 Å². The van der Waals surface area contributed by atoms with Gasteiger partial charge in [0, 0.05) is 38.8 Å². The Kier molecular flexibility index (Phi) is 6.84. The highest BCUT2D eigenvalue weighted by Crippen LogP contribution is 2.09. The second kappa shape index (κ2) is 9.12. The number of likely N-dealkylation sites (tertiary alicyclic amines) is 1. The molecule has 1 aliphatic rings. The van der Waals surface area contributed by atoms with Crippen molar-refractivity contribution < 1.29 is 4.79 Å². The summed E-state index contributed by atoms with van der Waals surface area (Å²) >= 11 is 0. The van der Waals surface area contributed by atoms with E-state index in [1.807, 2.05) is 30.9 Å². The van der Waals surface area contributed by atoms with Crippen LogP contribution in [-0.2, 0) is 11.3 Å². The first-order valence-electron chi connectivity index (χ1n) is 8.41. The van der Waals surface area contributed by atoms with Gasteiger partial charge < -0.3 is 15.5 Å². The zero-order valence-corrected chi connectivity index (χ0v) is 14.1. The molecule has 2 rings (SSSR count). The van der Waals surface area contributed by atoms with Crippen molar-refractivity contribution in [1.29, 1.82) is 0 Å². The molecule has 0 radical (unpaired) electrons. The molecular weight excluding hydrogens is 290 g/mol. The van der Waals surface area contributed by atoms with E-state index in [0.29, 0.717) is 13.0 Å². The van der Waals surface area contributed by atoms with Gasteiger partial charge in [-0.05, 0) is 38.3 Å². The minimum absolute atomic E-state index is 0.288. The van der Waals surface area contributed by atoms with Gasteiger partial charge in [-0.15, -0.1) is 0 Å². The Morgan fingerprint density at radius 2 is 2.30 bits per heavy atom. The summed E-state index contributed by atoms with van der Waals surface area (Å²) in [4.78, 5) is 22.4. The molecular formula is C17H27N5O. The van der Waals surface area contributed by atoms with Gasteiger partial charge in [-0.25, -0.2) is 4.99 Å². The molecule has 6 heteroatoms. The molecule has 2 N–H and O–H groups in total. The number of pyridine rings is 1. The maximum atomic E-state index is 11.6. The number of aliphatic imine (C=N–C) groups is 1. The zero-order chi connectivity index (χ0) is 16.5. The predicted molar refractivity (Wildman–Crippen MR) is 92.2 cm³/mol. The van der Waals surface area contributed by atoms with E-state index in [9.17, 15) is 4.79 Å². The van der Waals surface area contributed by atoms with Crippen molar-refractivity contribution >= 4 is 11.9 Å². The number of rotatable bonds is 7. The van der Waals surface area contributed by atoms with Crippen LogP contribution in [0.2, 0.25) is 0 Å². The molecule has 6 nitrogen and oxygen atoms in total. The van der Waals surface area contributed by atoms with E-state index < -0.39 is 0 Å². The Labute approximate surface area is 138 Å². The van der Waals surface area contributed by atoms with Crippen LogP contribution in [0, 0.1) is 6.92 Å². The Bertz CT molecular complexity index is 544. The predicted octanol–water partition coefficient (Wildman–Crippen LogP) is 1.46. The van der Waals surface area contributed by atoms with Gasteiger partial charge in [0.2, 0.25) is 5.91 Å². The molecule has 0 unspecified atom stereocenters. The highest BCUT2D eigenvalue weighted by atomic mass is 16.2. The van der Waals surface area contributed by atoms with Crippen molar-refractivity contribution in [3.05, 3.63) is 29.6 Å². The maximum Gasteiger partial charge on any atom is 0.222 e. The third kappa shape index (κ3) is 5.54. The van der Waals surface area contributed by atoms with E-state index in [4.69, 9.17) is 0 Å². The lowest BCUT2D eigenvalue weighted by molar-refractivity contribution is -0.127. The zero-order valence-electron chi connectivity index (χ0n) is 14.1. The lowest BCUT2D eigenvalue weighted by atomic mass is 10.2. The van der Waals surface area contributed by atoms with E-state index in [1.54, 1.807) is 6.20 Å². The van der Waals surface area contributed by atoms with Crippen LogP contribution in [0.5, 0.6) is 0 Å². The Hall–Kier alpha value is -2.11. The summed E-state index contributed by atoms with van der Waals surface area (Å²) in [7, 11) is 0. The van der Waals surface area contributed by atoms with Crippen molar-refractivity contribution in [3.8, 4) is 0 Å². The van der Waals surface area contributed by atoms with Crippen LogP contribution in [-0.4, -0.2) is 47.9 Å². The maximum absolute atomic E-state index is 11.6. The van der Waals surface area contributed by atoms with Crippen molar-refractivity contribution in [2.24, 2.45) is 4.99 Å². The number of nitrogens with one attached hydrogen (secondary N) is 2. The molecule has 1 amide bonds. The Morgan fingerprint density at radius 3 is 3.00 bits per heavy atom. The number of carbonyl (C=O) groups is 1. The summed E-state index contributed by atoms with van der Waals surface area (Å²) in [5, 5.41) is 6.56. The molecule has 1 aromatic heterocycles. The molecule has 0 saturated carbocycles. The van der Waals surface area contributed by atoms with Gasteiger partial charge >= 0.3 is 0 Å². The minimum Gasteiger partial charge on any atom is -0.357 e. The van der Waals surface area contributed by atoms with Crippen LogP contribution in [0.4, 0.5) is 0 Å². The summed E-state index contributed by atoms with van der Waals surface area (Å²) in [5.74, 6) is 1.08. The molecule has 1 aromatic rings. The number of guanidine groups is 1. The average molecular weight is 317 g/mol. The molecule has 126 valence electrons. The van der Waals surface area contributed by atoms with Crippen molar-refractivity contribution in [1.82, 2.24) is 20.5 Å². The standard InChI is InChI=1S/C17H27N5O/c1-3-18-17(21-13-15-14(2)7-4-9-19-15)20-10-6-12-22-11-5-8-16(22)23/h4,7,9H,3,5-6,8,10-13H2,1-2H3,(H2,18,20,21). The topological polar surface area (TPSA) is 69.6 Å². The lowest BCUT2D eigenvalue weighted by Crippen LogP contribution is -2.39. The third-order valence-electron chi connectivity index (χ3n) is 3.92. The largest absolute Gasteiger partial charge is 0.357 e. The van der Waals surface area contributed by atoms with Crippen LogP contribution >= 0.6 is 0 Å². The molecule has 0 aromatic carbocycles. The molecule has 1 aliphatic heterocycles. The van der Waals surface area contributed by atoms with Gasteiger partial charge in [-0.3, -0.25) is 9.78 Å². The summed E-state index contributed by atoms with van der Waals surface area (Å²) in [6.07, 6.45) is 4.44. The second-order valence-corrected chi connectivity index (χ2v) is 5.73. The highest BCUT2D eigenvalue weighted by molar-refractivity contribution is 5.79. The van der Waals surface area contributed by atoms with E-state index in [-0.39, 0.29) is 5.91 Å². The fourth-order valence-corrected chi connectivity index (χ4v) is 2.60. The van der Waals surface area contributed by atoms with E-state index >= 15 is 0 Å². The molecule has 0 aliphatic carbocycles. The summed E-state index contributed by atoms with van der Waals surface area (Å²) in [6, 6.07) is 3.98. The second-order valence-electron chi connectivity index (χ2n) is 5.73. The number of aromatic nitrogens is 1. The van der Waals surface area contributed by atoms with E-state index in [0.717, 1.165) is 56.2 Å². The molecule has 0 spiro atoms. The fourth-order valence-electron chi connectivity index (χ4n) is 2.60. The average Bonchev–Trinajstić information content (AvgIpc) is 2.95. The van der Waals surface area contributed by atoms with Crippen molar-refractivity contribution in [3.63, 3.8) is 0 Å². The SMILES string of the molecule is CCNC(=NCc1ncccc1C)NCCCN1CCCC1=O. The summed E-state index contributed by atoms with van der Waals surface area (Å²) in [5.41, 5.74) is 2.15. The van der Waals surface area contributed by atoms with Gasteiger partial charge in [-0.2, -0.15) is 0 Å². The van der Waals surface area contributed by atoms with Gasteiger partial charge in [0.1, 0.15) is 0 Å². The molecule has 1 fully saturated rings. The molecule has 23 heavy (non-hydrogen) atoms. The highest BCUT2D eigenvalue weighted by Gasteiger charge is 2.18. The summed E-state index contributed by atoms with van der Waals surface area (Å²) in [6.45, 7) is 8.01. The molecule has 1 saturated heterocycles. The van der Waals surface area contributed by atoms with E-state index in [2.05, 4.69) is 20.6 Å². The van der Waals surface area contributed by atoms with Crippen molar-refractivity contribution in [2.45, 2.75) is 39.7 Å². The minimum atomic E-state index is 0.288. The number of hydrogen-bond acceptors (Lipinski definition) is 3. The quantitative estimate of drug-likeness (QED) is 0.454. The van der Waals surface area contributed by atoms with Crippen molar-refractivity contribution in [2.75, 3.05) is 26.2 Å². The fraction of sp³-hybridized carbons (Fsp3) is 0.588. The van der Waals surface area contributed by atoms with Gasteiger partial charge in [0.05, 0.1) is 12.2 Å². The molecule has 2 heterocycles. The van der Waals surface area contributed by atoms with Crippen LogP contribution in [0.25, 0.3) is 0 Å². The number of amides is 1. The Morgan fingerprint density at radius 1 is 1.43 bits per heavy atom. The molecule has 0 atom stereocenters. The first-order chi connectivity index (χ1) is 11.2. The van der Waals surface area contributed by atoms with Crippen LogP contribution in [0.3, 0.4) is 0 Å². The van der Waals surface area contributed by atoms with Gasteiger partial charge in [0.25, 0.3) is 0 Å².